The summed E-state index contributed by atoms with van der Waals surface area (Å²) in [6.07, 6.45) is 1.63. The highest BCUT2D eigenvalue weighted by Gasteiger charge is 2.46. The summed E-state index contributed by atoms with van der Waals surface area (Å²) in [5.41, 5.74) is 0.739. The Bertz CT molecular complexity index is 502. The van der Waals surface area contributed by atoms with Gasteiger partial charge in [0.15, 0.2) is 5.76 Å². The lowest BCUT2D eigenvalue weighted by atomic mass is 9.95. The predicted molar refractivity (Wildman–Crippen MR) is 72.8 cm³/mol. The van der Waals surface area contributed by atoms with Gasteiger partial charge in [0.05, 0.1) is 25.4 Å². The number of rotatable bonds is 2. The van der Waals surface area contributed by atoms with E-state index in [0.717, 1.165) is 24.2 Å². The molecule has 5 nitrogen and oxygen atoms in total. The topological polar surface area (TPSA) is 51.9 Å². The molecule has 0 aromatic carbocycles. The quantitative estimate of drug-likeness (QED) is 0.828. The normalized spacial score (nSPS) is 26.4. The average Bonchev–Trinajstić information content (AvgIpc) is 3.06. The highest BCUT2D eigenvalue weighted by molar-refractivity contribution is 5.92. The number of carbonyl (C=O) groups is 1. The first-order valence-corrected chi connectivity index (χ1v) is 7.23. The minimum absolute atomic E-state index is 0.0402. The molecular weight excluding hydrogens is 258 g/mol. The Morgan fingerprint density at radius 1 is 1.35 bits per heavy atom. The van der Waals surface area contributed by atoms with E-state index >= 15 is 0 Å². The third kappa shape index (κ3) is 2.15. The molecule has 0 saturated carbocycles. The molecule has 0 bridgehead atoms. The van der Waals surface area contributed by atoms with E-state index in [1.165, 1.54) is 0 Å². The Morgan fingerprint density at radius 3 is 2.75 bits per heavy atom. The molecule has 2 aliphatic heterocycles. The Labute approximate surface area is 118 Å². The number of carbonyl (C=O) groups excluding carboxylic acids is 1. The maximum absolute atomic E-state index is 12.8. The van der Waals surface area contributed by atoms with Crippen LogP contribution in [-0.4, -0.2) is 49.3 Å². The third-order valence-electron chi connectivity index (χ3n) is 4.28. The summed E-state index contributed by atoms with van der Waals surface area (Å²) >= 11 is 0. The highest BCUT2D eigenvalue weighted by atomic mass is 16.5. The molecule has 0 N–H and O–H groups in total. The first kappa shape index (κ1) is 13.6. The second-order valence-electron chi connectivity index (χ2n) is 5.61. The van der Waals surface area contributed by atoms with Crippen LogP contribution in [0.3, 0.4) is 0 Å². The molecule has 3 heterocycles. The molecule has 2 fully saturated rings. The number of hydrogen-bond donors (Lipinski definition) is 0. The van der Waals surface area contributed by atoms with Crippen molar-refractivity contribution in [2.24, 2.45) is 0 Å². The number of ether oxygens (including phenoxy) is 2. The molecule has 5 heteroatoms. The van der Waals surface area contributed by atoms with Crippen molar-refractivity contribution in [2.75, 3.05) is 33.0 Å². The summed E-state index contributed by atoms with van der Waals surface area (Å²) in [5.74, 6) is 1.28. The van der Waals surface area contributed by atoms with Crippen molar-refractivity contribution in [1.82, 2.24) is 4.90 Å². The van der Waals surface area contributed by atoms with Gasteiger partial charge < -0.3 is 18.8 Å². The molecular formula is C15H21NO4. The standard InChI is InChI=1S/C15H21NO4/c1-3-12-11(2)8-13(20-12)14(17)16-5-7-19-10-15(16)4-6-18-9-15/h8H,3-7,9-10H2,1-2H3. The molecule has 1 amide bonds. The summed E-state index contributed by atoms with van der Waals surface area (Å²) in [5, 5.41) is 0. The van der Waals surface area contributed by atoms with Crippen LogP contribution in [0.2, 0.25) is 0 Å². The smallest absolute Gasteiger partial charge is 0.290 e. The van der Waals surface area contributed by atoms with Gasteiger partial charge in [-0.05, 0) is 25.0 Å². The lowest BCUT2D eigenvalue weighted by Crippen LogP contribution is -2.59. The summed E-state index contributed by atoms with van der Waals surface area (Å²) in [6.45, 7) is 6.98. The molecule has 1 spiro atoms. The molecule has 1 atom stereocenters. The lowest BCUT2D eigenvalue weighted by molar-refractivity contribution is -0.0561. The van der Waals surface area contributed by atoms with Crippen molar-refractivity contribution in [3.63, 3.8) is 0 Å². The minimum atomic E-state index is -0.303. The van der Waals surface area contributed by atoms with E-state index in [-0.39, 0.29) is 11.4 Å². The van der Waals surface area contributed by atoms with Gasteiger partial charge in [0.1, 0.15) is 5.76 Å². The summed E-state index contributed by atoms with van der Waals surface area (Å²) < 4.78 is 16.8. The molecule has 110 valence electrons. The Morgan fingerprint density at radius 2 is 2.10 bits per heavy atom. The molecule has 1 aromatic heterocycles. The van der Waals surface area contributed by atoms with Crippen LogP contribution >= 0.6 is 0 Å². The summed E-state index contributed by atoms with van der Waals surface area (Å²) in [7, 11) is 0. The van der Waals surface area contributed by atoms with Gasteiger partial charge in [-0.15, -0.1) is 0 Å². The van der Waals surface area contributed by atoms with Gasteiger partial charge in [0.2, 0.25) is 0 Å². The van der Waals surface area contributed by atoms with Crippen LogP contribution in [0.25, 0.3) is 0 Å². The number of hydrogen-bond acceptors (Lipinski definition) is 4. The van der Waals surface area contributed by atoms with Crippen molar-refractivity contribution in [3.05, 3.63) is 23.2 Å². The maximum atomic E-state index is 12.8. The van der Waals surface area contributed by atoms with Crippen LogP contribution in [0.4, 0.5) is 0 Å². The van der Waals surface area contributed by atoms with Gasteiger partial charge in [0, 0.05) is 19.6 Å². The zero-order valence-corrected chi connectivity index (χ0v) is 12.1. The van der Waals surface area contributed by atoms with E-state index in [0.29, 0.717) is 38.7 Å². The number of aryl methyl sites for hydroxylation is 2. The fraction of sp³-hybridized carbons (Fsp3) is 0.667. The van der Waals surface area contributed by atoms with Gasteiger partial charge in [-0.2, -0.15) is 0 Å². The molecule has 3 rings (SSSR count). The van der Waals surface area contributed by atoms with Crippen molar-refractivity contribution in [3.8, 4) is 0 Å². The summed E-state index contributed by atoms with van der Waals surface area (Å²) in [4.78, 5) is 14.7. The van der Waals surface area contributed by atoms with E-state index in [9.17, 15) is 4.79 Å². The highest BCUT2D eigenvalue weighted by Crippen LogP contribution is 2.31. The van der Waals surface area contributed by atoms with Crippen LogP contribution in [0, 0.1) is 6.92 Å². The Hall–Kier alpha value is -1.33. The van der Waals surface area contributed by atoms with Gasteiger partial charge in [-0.1, -0.05) is 6.92 Å². The van der Waals surface area contributed by atoms with Crippen LogP contribution in [0.15, 0.2) is 10.5 Å². The van der Waals surface area contributed by atoms with E-state index in [2.05, 4.69) is 0 Å². The average molecular weight is 279 g/mol. The van der Waals surface area contributed by atoms with Crippen molar-refractivity contribution in [2.45, 2.75) is 32.2 Å². The number of amides is 1. The first-order chi connectivity index (χ1) is 9.66. The van der Waals surface area contributed by atoms with E-state index in [4.69, 9.17) is 13.9 Å². The minimum Gasteiger partial charge on any atom is -0.456 e. The molecule has 20 heavy (non-hydrogen) atoms. The van der Waals surface area contributed by atoms with Crippen LogP contribution in [0.5, 0.6) is 0 Å². The molecule has 2 aliphatic rings. The number of nitrogens with zero attached hydrogens (tertiary/aromatic N) is 1. The largest absolute Gasteiger partial charge is 0.456 e. The fourth-order valence-corrected chi connectivity index (χ4v) is 3.08. The molecule has 1 unspecified atom stereocenters. The van der Waals surface area contributed by atoms with Gasteiger partial charge >= 0.3 is 0 Å². The third-order valence-corrected chi connectivity index (χ3v) is 4.28. The monoisotopic (exact) mass is 279 g/mol. The van der Waals surface area contributed by atoms with Crippen LogP contribution in [0.1, 0.15) is 35.2 Å². The van der Waals surface area contributed by atoms with Crippen molar-refractivity contribution in [1.29, 1.82) is 0 Å². The van der Waals surface area contributed by atoms with Crippen molar-refractivity contribution < 1.29 is 18.7 Å². The molecule has 1 aromatic rings. The fourth-order valence-electron chi connectivity index (χ4n) is 3.08. The Balaban J connectivity index is 1.87. The van der Waals surface area contributed by atoms with Crippen molar-refractivity contribution >= 4 is 5.91 Å². The van der Waals surface area contributed by atoms with Gasteiger partial charge in [-0.25, -0.2) is 0 Å². The van der Waals surface area contributed by atoms with Crippen LogP contribution in [-0.2, 0) is 15.9 Å². The predicted octanol–water partition coefficient (Wildman–Crippen LogP) is 1.78. The van der Waals surface area contributed by atoms with E-state index in [1.54, 1.807) is 0 Å². The molecule has 2 saturated heterocycles. The van der Waals surface area contributed by atoms with Crippen LogP contribution < -0.4 is 0 Å². The maximum Gasteiger partial charge on any atom is 0.290 e. The van der Waals surface area contributed by atoms with Gasteiger partial charge in [0.25, 0.3) is 5.91 Å². The molecule has 0 aliphatic carbocycles. The molecule has 0 radical (unpaired) electrons. The first-order valence-electron chi connectivity index (χ1n) is 7.23. The zero-order chi connectivity index (χ0) is 14.2. The SMILES string of the molecule is CCc1oc(C(=O)N2CCOCC23CCOC3)cc1C. The number of morpholine rings is 1. The van der Waals surface area contributed by atoms with E-state index in [1.807, 2.05) is 24.8 Å². The second kappa shape index (κ2) is 5.22. The summed E-state index contributed by atoms with van der Waals surface area (Å²) in [6, 6.07) is 1.85. The number of furan rings is 1. The van der Waals surface area contributed by atoms with Gasteiger partial charge in [-0.3, -0.25) is 4.79 Å². The Kier molecular flexibility index (Phi) is 3.56. The van der Waals surface area contributed by atoms with E-state index < -0.39 is 0 Å². The zero-order valence-electron chi connectivity index (χ0n) is 12.1. The lowest BCUT2D eigenvalue weighted by Gasteiger charge is -2.43. The second-order valence-corrected chi connectivity index (χ2v) is 5.61.